The minimum atomic E-state index is 0.140. The number of nitrogens with zero attached hydrogens (tertiary/aromatic N) is 2. The van der Waals surface area contributed by atoms with Crippen LogP contribution in [0.2, 0.25) is 0 Å². The summed E-state index contributed by atoms with van der Waals surface area (Å²) < 4.78 is 11.3. The van der Waals surface area contributed by atoms with E-state index in [-0.39, 0.29) is 11.9 Å². The molecular weight excluding hydrogens is 316 g/mol. The van der Waals surface area contributed by atoms with Gasteiger partial charge >= 0.3 is 0 Å². The maximum Gasteiger partial charge on any atom is 0.223 e. The predicted molar refractivity (Wildman–Crippen MR) is 93.7 cm³/mol. The molecule has 1 aromatic carbocycles. The SMILES string of the molecule is O=C(CCc1ccncc1)N1CCCC1c1ccc2c(c1)OCCO2. The van der Waals surface area contributed by atoms with E-state index in [1.807, 2.05) is 29.2 Å². The van der Waals surface area contributed by atoms with Gasteiger partial charge in [0.05, 0.1) is 6.04 Å². The number of aryl methyl sites for hydroxylation is 1. The van der Waals surface area contributed by atoms with Crippen molar-refractivity contribution in [2.75, 3.05) is 19.8 Å². The molecule has 3 heterocycles. The van der Waals surface area contributed by atoms with Crippen molar-refractivity contribution in [2.24, 2.45) is 0 Å². The predicted octanol–water partition coefficient (Wildman–Crippen LogP) is 3.15. The fraction of sp³-hybridized carbons (Fsp3) is 0.400. The average Bonchev–Trinajstić information content (AvgIpc) is 3.16. The zero-order valence-electron chi connectivity index (χ0n) is 14.2. The van der Waals surface area contributed by atoms with Crippen LogP contribution < -0.4 is 9.47 Å². The van der Waals surface area contributed by atoms with Crippen LogP contribution in [-0.4, -0.2) is 35.5 Å². The Kier molecular flexibility index (Phi) is 4.55. The first-order valence-corrected chi connectivity index (χ1v) is 8.89. The Labute approximate surface area is 147 Å². The van der Waals surface area contributed by atoms with E-state index in [0.717, 1.165) is 48.4 Å². The van der Waals surface area contributed by atoms with Gasteiger partial charge in [-0.2, -0.15) is 0 Å². The highest BCUT2D eigenvalue weighted by molar-refractivity contribution is 5.77. The van der Waals surface area contributed by atoms with Gasteiger partial charge in [-0.15, -0.1) is 0 Å². The van der Waals surface area contributed by atoms with Crippen LogP contribution in [0.3, 0.4) is 0 Å². The highest BCUT2D eigenvalue weighted by Crippen LogP contribution is 2.38. The maximum absolute atomic E-state index is 12.7. The summed E-state index contributed by atoms with van der Waals surface area (Å²) in [7, 11) is 0. The number of fused-ring (bicyclic) bond motifs is 1. The highest BCUT2D eigenvalue weighted by atomic mass is 16.6. The number of carbonyl (C=O) groups is 1. The van der Waals surface area contributed by atoms with Gasteiger partial charge in [-0.25, -0.2) is 0 Å². The Morgan fingerprint density at radius 1 is 1.12 bits per heavy atom. The van der Waals surface area contributed by atoms with Crippen LogP contribution in [0.25, 0.3) is 0 Å². The lowest BCUT2D eigenvalue weighted by Crippen LogP contribution is -2.30. The molecule has 1 saturated heterocycles. The number of hydrogen-bond donors (Lipinski definition) is 0. The number of benzene rings is 1. The summed E-state index contributed by atoms with van der Waals surface area (Å²) in [6.45, 7) is 2.00. The average molecular weight is 338 g/mol. The number of aromatic nitrogens is 1. The van der Waals surface area contributed by atoms with Crippen LogP contribution in [-0.2, 0) is 11.2 Å². The molecular formula is C20H22N2O3. The number of hydrogen-bond acceptors (Lipinski definition) is 4. The summed E-state index contributed by atoms with van der Waals surface area (Å²) in [6, 6.07) is 10.1. The zero-order chi connectivity index (χ0) is 17.1. The summed E-state index contributed by atoms with van der Waals surface area (Å²) in [5.41, 5.74) is 2.29. The number of amides is 1. The second kappa shape index (κ2) is 7.13. The third kappa shape index (κ3) is 3.45. The summed E-state index contributed by atoms with van der Waals surface area (Å²) in [6.07, 6.45) is 6.87. The molecule has 0 saturated carbocycles. The van der Waals surface area contributed by atoms with Crippen molar-refractivity contribution in [3.8, 4) is 11.5 Å². The van der Waals surface area contributed by atoms with E-state index in [1.165, 1.54) is 0 Å². The van der Waals surface area contributed by atoms with Crippen molar-refractivity contribution >= 4 is 5.91 Å². The van der Waals surface area contributed by atoms with Gasteiger partial charge in [-0.3, -0.25) is 9.78 Å². The van der Waals surface area contributed by atoms with Crippen LogP contribution >= 0.6 is 0 Å². The molecule has 0 bridgehead atoms. The molecule has 1 aromatic heterocycles. The van der Waals surface area contributed by atoms with Gasteiger partial charge < -0.3 is 14.4 Å². The molecule has 25 heavy (non-hydrogen) atoms. The second-order valence-electron chi connectivity index (χ2n) is 6.50. The number of rotatable bonds is 4. The van der Waals surface area contributed by atoms with E-state index in [4.69, 9.17) is 9.47 Å². The number of likely N-dealkylation sites (tertiary alicyclic amines) is 1. The molecule has 5 nitrogen and oxygen atoms in total. The molecule has 1 atom stereocenters. The van der Waals surface area contributed by atoms with Gasteiger partial charge in [0.25, 0.3) is 0 Å². The van der Waals surface area contributed by atoms with Crippen molar-refractivity contribution in [3.05, 3.63) is 53.9 Å². The van der Waals surface area contributed by atoms with E-state index in [0.29, 0.717) is 19.6 Å². The molecule has 0 N–H and O–H groups in total. The third-order valence-corrected chi connectivity index (χ3v) is 4.90. The summed E-state index contributed by atoms with van der Waals surface area (Å²) in [5.74, 6) is 1.80. The fourth-order valence-corrected chi connectivity index (χ4v) is 3.62. The fourth-order valence-electron chi connectivity index (χ4n) is 3.62. The van der Waals surface area contributed by atoms with Crippen molar-refractivity contribution in [3.63, 3.8) is 0 Å². The molecule has 2 aromatic rings. The van der Waals surface area contributed by atoms with E-state index in [2.05, 4.69) is 11.1 Å². The molecule has 5 heteroatoms. The van der Waals surface area contributed by atoms with Gasteiger partial charge in [0.2, 0.25) is 5.91 Å². The zero-order valence-corrected chi connectivity index (χ0v) is 14.2. The maximum atomic E-state index is 12.7. The first-order chi connectivity index (χ1) is 12.3. The quantitative estimate of drug-likeness (QED) is 0.859. The Morgan fingerprint density at radius 2 is 1.92 bits per heavy atom. The minimum Gasteiger partial charge on any atom is -0.486 e. The van der Waals surface area contributed by atoms with Gasteiger partial charge in [0.15, 0.2) is 11.5 Å². The first kappa shape index (κ1) is 15.9. The van der Waals surface area contributed by atoms with Gasteiger partial charge in [0.1, 0.15) is 13.2 Å². The normalized spacial score (nSPS) is 19.0. The lowest BCUT2D eigenvalue weighted by Gasteiger charge is -2.27. The molecule has 4 rings (SSSR count). The van der Waals surface area contributed by atoms with E-state index in [1.54, 1.807) is 12.4 Å². The van der Waals surface area contributed by atoms with Gasteiger partial charge in [-0.05, 0) is 54.7 Å². The Hall–Kier alpha value is -2.56. The Morgan fingerprint density at radius 3 is 2.76 bits per heavy atom. The van der Waals surface area contributed by atoms with Crippen LogP contribution in [0, 0.1) is 0 Å². The van der Waals surface area contributed by atoms with Crippen molar-refractivity contribution < 1.29 is 14.3 Å². The molecule has 1 fully saturated rings. The minimum absolute atomic E-state index is 0.140. The number of ether oxygens (including phenoxy) is 2. The van der Waals surface area contributed by atoms with Crippen LogP contribution in [0.5, 0.6) is 11.5 Å². The van der Waals surface area contributed by atoms with E-state index in [9.17, 15) is 4.79 Å². The molecule has 2 aliphatic rings. The van der Waals surface area contributed by atoms with Crippen LogP contribution in [0.4, 0.5) is 0 Å². The molecule has 2 aliphatic heterocycles. The molecule has 1 amide bonds. The number of pyridine rings is 1. The van der Waals surface area contributed by atoms with Crippen LogP contribution in [0.1, 0.15) is 36.4 Å². The lowest BCUT2D eigenvalue weighted by molar-refractivity contribution is -0.132. The van der Waals surface area contributed by atoms with Crippen molar-refractivity contribution in [1.82, 2.24) is 9.88 Å². The summed E-state index contributed by atoms with van der Waals surface area (Å²) >= 11 is 0. The molecule has 0 radical (unpaired) electrons. The summed E-state index contributed by atoms with van der Waals surface area (Å²) in [4.78, 5) is 18.8. The number of carbonyl (C=O) groups excluding carboxylic acids is 1. The lowest BCUT2D eigenvalue weighted by atomic mass is 10.0. The van der Waals surface area contributed by atoms with E-state index >= 15 is 0 Å². The monoisotopic (exact) mass is 338 g/mol. The first-order valence-electron chi connectivity index (χ1n) is 8.89. The third-order valence-electron chi connectivity index (χ3n) is 4.90. The highest BCUT2D eigenvalue weighted by Gasteiger charge is 2.30. The molecule has 1 unspecified atom stereocenters. The Bertz CT molecular complexity index is 748. The van der Waals surface area contributed by atoms with Crippen molar-refractivity contribution in [1.29, 1.82) is 0 Å². The van der Waals surface area contributed by atoms with Crippen LogP contribution in [0.15, 0.2) is 42.7 Å². The summed E-state index contributed by atoms with van der Waals surface area (Å²) in [5, 5.41) is 0. The molecule has 0 aliphatic carbocycles. The van der Waals surface area contributed by atoms with Gasteiger partial charge in [0, 0.05) is 25.4 Å². The smallest absolute Gasteiger partial charge is 0.223 e. The largest absolute Gasteiger partial charge is 0.486 e. The molecule has 130 valence electrons. The van der Waals surface area contributed by atoms with Gasteiger partial charge in [-0.1, -0.05) is 6.07 Å². The van der Waals surface area contributed by atoms with E-state index < -0.39 is 0 Å². The molecule has 0 spiro atoms. The second-order valence-corrected chi connectivity index (χ2v) is 6.50. The standard InChI is InChI=1S/C20H22N2O3/c23-20(6-3-15-7-9-21-10-8-15)22-11-1-2-17(22)16-4-5-18-19(14-16)25-13-12-24-18/h4-5,7-10,14,17H,1-3,6,11-13H2. The topological polar surface area (TPSA) is 51.7 Å². The Balaban J connectivity index is 1.45. The van der Waals surface area contributed by atoms with Crippen molar-refractivity contribution in [2.45, 2.75) is 31.7 Å².